The molecule has 0 spiro atoms. The summed E-state index contributed by atoms with van der Waals surface area (Å²) in [5, 5.41) is 16.0. The number of amides is 1. The molecular weight excluding hydrogens is 294 g/mol. The highest BCUT2D eigenvalue weighted by molar-refractivity contribution is 6.31. The topological polar surface area (TPSA) is 92.8 Å². The average Bonchev–Trinajstić information content (AvgIpc) is 2.85. The van der Waals surface area contributed by atoms with E-state index in [0.29, 0.717) is 19.0 Å². The van der Waals surface area contributed by atoms with Gasteiger partial charge >= 0.3 is 0 Å². The predicted octanol–water partition coefficient (Wildman–Crippen LogP) is 1.63. The highest BCUT2D eigenvalue weighted by atomic mass is 35.5. The molecular formula is C13H10ClN5O2. The van der Waals surface area contributed by atoms with Gasteiger partial charge in [-0.25, -0.2) is 9.67 Å². The molecule has 3 heterocycles. The van der Waals surface area contributed by atoms with Gasteiger partial charge in [0.1, 0.15) is 23.6 Å². The van der Waals surface area contributed by atoms with Crippen LogP contribution in [0.1, 0.15) is 22.2 Å². The summed E-state index contributed by atoms with van der Waals surface area (Å²) in [5.41, 5.74) is 0.138. The van der Waals surface area contributed by atoms with E-state index in [4.69, 9.17) is 21.6 Å². The first-order chi connectivity index (χ1) is 10.2. The van der Waals surface area contributed by atoms with Crippen LogP contribution in [0.5, 0.6) is 0 Å². The Morgan fingerprint density at radius 2 is 2.29 bits per heavy atom. The number of rotatable bonds is 3. The van der Waals surface area contributed by atoms with Crippen molar-refractivity contribution in [1.82, 2.24) is 14.8 Å². The normalized spacial score (nSPS) is 14.3. The van der Waals surface area contributed by atoms with Gasteiger partial charge in [0.25, 0.3) is 5.91 Å². The number of nitriles is 1. The van der Waals surface area contributed by atoms with Gasteiger partial charge in [-0.3, -0.25) is 4.79 Å². The maximum atomic E-state index is 12.2. The minimum atomic E-state index is -0.426. The number of halogens is 1. The Labute approximate surface area is 125 Å². The number of nitrogens with zero attached hydrogens (tertiary/aromatic N) is 4. The van der Waals surface area contributed by atoms with E-state index in [9.17, 15) is 4.79 Å². The monoisotopic (exact) mass is 303 g/mol. The third-order valence-corrected chi connectivity index (χ3v) is 3.37. The zero-order chi connectivity index (χ0) is 14.8. The molecule has 0 atom stereocenters. The maximum absolute atomic E-state index is 12.2. The molecule has 2 aromatic heterocycles. The number of hydrogen-bond acceptors (Lipinski definition) is 5. The summed E-state index contributed by atoms with van der Waals surface area (Å²) < 4.78 is 6.81. The second kappa shape index (κ2) is 5.52. The quantitative estimate of drug-likeness (QED) is 0.930. The largest absolute Gasteiger partial charge is 0.377 e. The second-order valence-electron chi connectivity index (χ2n) is 4.45. The van der Waals surface area contributed by atoms with E-state index in [1.165, 1.54) is 12.1 Å². The summed E-state index contributed by atoms with van der Waals surface area (Å²) in [6.45, 7) is 1.14. The molecule has 0 bridgehead atoms. The lowest BCUT2D eigenvalue weighted by Gasteiger charge is -2.27. The number of nitrogens with one attached hydrogen (secondary N) is 1. The minimum absolute atomic E-state index is 0.0187. The second-order valence-corrected chi connectivity index (χ2v) is 4.85. The zero-order valence-electron chi connectivity index (χ0n) is 10.8. The molecule has 106 valence electrons. The van der Waals surface area contributed by atoms with Crippen molar-refractivity contribution < 1.29 is 9.53 Å². The van der Waals surface area contributed by atoms with Crippen LogP contribution < -0.4 is 5.32 Å². The van der Waals surface area contributed by atoms with Gasteiger partial charge in [-0.05, 0) is 12.1 Å². The van der Waals surface area contributed by atoms with Crippen LogP contribution in [-0.2, 0) is 4.74 Å². The molecule has 0 radical (unpaired) electrons. The van der Waals surface area contributed by atoms with Gasteiger partial charge in [-0.2, -0.15) is 10.4 Å². The first-order valence-electron chi connectivity index (χ1n) is 6.18. The third kappa shape index (κ3) is 2.59. The highest BCUT2D eigenvalue weighted by Crippen LogP contribution is 2.21. The Balaban J connectivity index is 1.80. The number of carbonyl (C=O) groups is 1. The molecule has 0 aliphatic carbocycles. The van der Waals surface area contributed by atoms with Crippen LogP contribution in [0.3, 0.4) is 0 Å². The van der Waals surface area contributed by atoms with Gasteiger partial charge in [0.2, 0.25) is 0 Å². The fourth-order valence-corrected chi connectivity index (χ4v) is 2.04. The van der Waals surface area contributed by atoms with Crippen LogP contribution in [0.4, 0.5) is 5.82 Å². The molecule has 2 aromatic rings. The average molecular weight is 304 g/mol. The van der Waals surface area contributed by atoms with Crippen molar-refractivity contribution in [1.29, 1.82) is 5.26 Å². The van der Waals surface area contributed by atoms with Gasteiger partial charge in [-0.15, -0.1) is 0 Å². The lowest BCUT2D eigenvalue weighted by molar-refractivity contribution is -0.0276. The predicted molar refractivity (Wildman–Crippen MR) is 74.0 cm³/mol. The molecule has 21 heavy (non-hydrogen) atoms. The molecule has 7 nitrogen and oxygen atoms in total. The number of aromatic nitrogens is 3. The van der Waals surface area contributed by atoms with Crippen molar-refractivity contribution >= 4 is 23.3 Å². The van der Waals surface area contributed by atoms with Crippen molar-refractivity contribution in [3.05, 3.63) is 40.8 Å². The van der Waals surface area contributed by atoms with Crippen LogP contribution in [0, 0.1) is 11.3 Å². The van der Waals surface area contributed by atoms with E-state index >= 15 is 0 Å². The van der Waals surface area contributed by atoms with Gasteiger partial charge in [0.05, 0.1) is 24.4 Å². The number of pyridine rings is 1. The Bertz CT molecular complexity index is 732. The van der Waals surface area contributed by atoms with Crippen molar-refractivity contribution in [2.75, 3.05) is 18.5 Å². The molecule has 8 heteroatoms. The Morgan fingerprint density at radius 3 is 2.95 bits per heavy atom. The van der Waals surface area contributed by atoms with E-state index in [-0.39, 0.29) is 22.5 Å². The first-order valence-corrected chi connectivity index (χ1v) is 6.56. The molecule has 0 unspecified atom stereocenters. The Morgan fingerprint density at radius 1 is 1.48 bits per heavy atom. The van der Waals surface area contributed by atoms with Gasteiger partial charge in [0.15, 0.2) is 5.69 Å². The number of carbonyl (C=O) groups excluding carboxylic acids is 1. The molecule has 1 amide bonds. The van der Waals surface area contributed by atoms with Crippen molar-refractivity contribution in [2.45, 2.75) is 6.04 Å². The van der Waals surface area contributed by atoms with Crippen LogP contribution in [0.15, 0.2) is 24.4 Å². The summed E-state index contributed by atoms with van der Waals surface area (Å²) in [6.07, 6.45) is 1.60. The van der Waals surface area contributed by atoms with Crippen molar-refractivity contribution in [3.63, 3.8) is 0 Å². The van der Waals surface area contributed by atoms with Crippen molar-refractivity contribution in [2.24, 2.45) is 0 Å². The SMILES string of the molecule is N#Cc1nc(C(=O)Nc2ccnn2C2COC2)ccc1Cl. The summed E-state index contributed by atoms with van der Waals surface area (Å²) in [5.74, 6) is 0.133. The third-order valence-electron chi connectivity index (χ3n) is 3.06. The molecule has 0 saturated carbocycles. The summed E-state index contributed by atoms with van der Waals surface area (Å²) >= 11 is 5.79. The molecule has 1 aliphatic rings. The lowest BCUT2D eigenvalue weighted by atomic mass is 10.2. The standard InChI is InChI=1S/C13H10ClN5O2/c14-9-1-2-10(17-11(9)5-15)13(20)18-12-3-4-16-19(12)8-6-21-7-8/h1-4,8H,6-7H2,(H,18,20). The van der Waals surface area contributed by atoms with Gasteiger partial charge < -0.3 is 10.1 Å². The Kier molecular flexibility index (Phi) is 3.56. The number of hydrogen-bond donors (Lipinski definition) is 1. The zero-order valence-corrected chi connectivity index (χ0v) is 11.5. The van der Waals surface area contributed by atoms with Crippen LogP contribution >= 0.6 is 11.6 Å². The smallest absolute Gasteiger partial charge is 0.275 e. The summed E-state index contributed by atoms with van der Waals surface area (Å²) in [7, 11) is 0. The van der Waals surface area contributed by atoms with E-state index in [0.717, 1.165) is 0 Å². The van der Waals surface area contributed by atoms with Gasteiger partial charge in [-0.1, -0.05) is 11.6 Å². The molecule has 3 rings (SSSR count). The van der Waals surface area contributed by atoms with Crippen LogP contribution in [0.25, 0.3) is 0 Å². The van der Waals surface area contributed by atoms with E-state index in [2.05, 4.69) is 15.4 Å². The number of anilines is 1. The van der Waals surface area contributed by atoms with Crippen LogP contribution in [-0.4, -0.2) is 33.9 Å². The molecule has 1 aliphatic heterocycles. The molecule has 1 fully saturated rings. The highest BCUT2D eigenvalue weighted by Gasteiger charge is 2.24. The fourth-order valence-electron chi connectivity index (χ4n) is 1.90. The first kappa shape index (κ1) is 13.5. The lowest BCUT2D eigenvalue weighted by Crippen LogP contribution is -2.32. The molecule has 0 aromatic carbocycles. The van der Waals surface area contributed by atoms with Crippen molar-refractivity contribution in [3.8, 4) is 6.07 Å². The maximum Gasteiger partial charge on any atom is 0.275 e. The Hall–Kier alpha value is -2.43. The van der Waals surface area contributed by atoms with Crippen LogP contribution in [0.2, 0.25) is 5.02 Å². The fraction of sp³-hybridized carbons (Fsp3) is 0.231. The molecule has 1 saturated heterocycles. The summed E-state index contributed by atoms with van der Waals surface area (Å²) in [4.78, 5) is 16.1. The minimum Gasteiger partial charge on any atom is -0.377 e. The van der Waals surface area contributed by atoms with E-state index < -0.39 is 5.91 Å². The van der Waals surface area contributed by atoms with E-state index in [1.54, 1.807) is 16.9 Å². The summed E-state index contributed by atoms with van der Waals surface area (Å²) in [6, 6.07) is 6.60. The van der Waals surface area contributed by atoms with E-state index in [1.807, 2.05) is 6.07 Å². The van der Waals surface area contributed by atoms with Gasteiger partial charge in [0, 0.05) is 6.07 Å². The molecule has 1 N–H and O–H groups in total. The number of ether oxygens (including phenoxy) is 1.